The van der Waals surface area contributed by atoms with Gasteiger partial charge in [0.05, 0.1) is 17.9 Å². The van der Waals surface area contributed by atoms with Crippen LogP contribution in [0.15, 0.2) is 6.33 Å². The maximum Gasteiger partial charge on any atom is 0.410 e. The predicted molar refractivity (Wildman–Crippen MR) is 126 cm³/mol. The van der Waals surface area contributed by atoms with Gasteiger partial charge in [-0.05, 0) is 71.8 Å². The van der Waals surface area contributed by atoms with Crippen LogP contribution in [0.25, 0.3) is 10.2 Å². The highest BCUT2D eigenvalue weighted by Crippen LogP contribution is 2.46. The van der Waals surface area contributed by atoms with Gasteiger partial charge in [-0.1, -0.05) is 0 Å². The molecule has 1 atom stereocenters. The molecule has 0 N–H and O–H groups in total. The topological polar surface area (TPSA) is 90.9 Å². The molecule has 1 unspecified atom stereocenters. The van der Waals surface area contributed by atoms with Crippen LogP contribution in [-0.2, 0) is 20.7 Å². The van der Waals surface area contributed by atoms with E-state index in [1.54, 1.807) is 23.3 Å². The van der Waals surface area contributed by atoms with E-state index < -0.39 is 5.60 Å². The van der Waals surface area contributed by atoms with Gasteiger partial charge in [0.25, 0.3) is 0 Å². The van der Waals surface area contributed by atoms with Crippen LogP contribution in [0.2, 0.25) is 0 Å². The summed E-state index contributed by atoms with van der Waals surface area (Å²) in [6.07, 6.45) is 6.16. The van der Waals surface area contributed by atoms with E-state index in [0.717, 1.165) is 54.3 Å². The SMILES string of the molecule is CCOC(=O)C1CCc2sc3ncnc(O[C@H]4CC[C@H](N(C)C(=O)OC(C)(C)C)CC4)c3c21. The van der Waals surface area contributed by atoms with Crippen molar-refractivity contribution in [2.45, 2.75) is 89.9 Å². The lowest BCUT2D eigenvalue weighted by molar-refractivity contribution is -0.144. The number of carbonyl (C=O) groups excluding carboxylic acids is 2. The summed E-state index contributed by atoms with van der Waals surface area (Å²) in [6, 6.07) is 0.128. The lowest BCUT2D eigenvalue weighted by atomic mass is 9.92. The summed E-state index contributed by atoms with van der Waals surface area (Å²) in [6.45, 7) is 7.82. The Balaban J connectivity index is 1.46. The van der Waals surface area contributed by atoms with Crippen molar-refractivity contribution in [3.05, 3.63) is 16.8 Å². The molecule has 0 spiro atoms. The zero-order chi connectivity index (χ0) is 23.8. The average Bonchev–Trinajstić information content (AvgIpc) is 3.32. The predicted octanol–water partition coefficient (Wildman–Crippen LogP) is 4.84. The minimum absolute atomic E-state index is 0.00406. The first kappa shape index (κ1) is 23.7. The van der Waals surface area contributed by atoms with Crippen LogP contribution in [0.4, 0.5) is 4.79 Å². The third-order valence-corrected chi connectivity index (χ3v) is 7.47. The largest absolute Gasteiger partial charge is 0.474 e. The van der Waals surface area contributed by atoms with Gasteiger partial charge in [-0.15, -0.1) is 11.3 Å². The fourth-order valence-corrected chi connectivity index (χ4v) is 5.91. The minimum Gasteiger partial charge on any atom is -0.474 e. The van der Waals surface area contributed by atoms with Crippen LogP contribution < -0.4 is 4.74 Å². The number of amides is 1. The van der Waals surface area contributed by atoms with E-state index in [-0.39, 0.29) is 30.1 Å². The van der Waals surface area contributed by atoms with Crippen LogP contribution in [0, 0.1) is 0 Å². The second kappa shape index (κ2) is 9.44. The fourth-order valence-electron chi connectivity index (χ4n) is 4.71. The molecule has 2 heterocycles. The molecule has 2 aliphatic carbocycles. The number of esters is 1. The number of rotatable bonds is 5. The molecule has 2 aromatic rings. The third kappa shape index (κ3) is 5.08. The quantitative estimate of drug-likeness (QED) is 0.571. The molecule has 1 amide bonds. The van der Waals surface area contributed by atoms with E-state index in [9.17, 15) is 9.59 Å². The summed E-state index contributed by atoms with van der Waals surface area (Å²) >= 11 is 1.62. The number of aryl methyl sites for hydroxylation is 1. The lowest BCUT2D eigenvalue weighted by Gasteiger charge is -2.35. The fraction of sp³-hybridized carbons (Fsp3) is 0.667. The number of fused-ring (bicyclic) bond motifs is 3. The van der Waals surface area contributed by atoms with E-state index >= 15 is 0 Å². The highest BCUT2D eigenvalue weighted by atomic mass is 32.1. The van der Waals surface area contributed by atoms with Gasteiger partial charge in [0.1, 0.15) is 22.9 Å². The zero-order valence-electron chi connectivity index (χ0n) is 20.1. The van der Waals surface area contributed by atoms with Crippen molar-refractivity contribution in [1.29, 1.82) is 0 Å². The standard InChI is InChI=1S/C24H33N3O5S/c1-6-30-22(28)16-11-12-17-18(16)19-20(25-13-26-21(19)33-17)31-15-9-7-14(8-10-15)27(5)23(29)32-24(2,3)4/h13-16H,6-12H2,1-5H3/t14-,15-,16?. The Morgan fingerprint density at radius 1 is 1.15 bits per heavy atom. The molecule has 2 aliphatic rings. The Morgan fingerprint density at radius 3 is 2.55 bits per heavy atom. The molecule has 9 heteroatoms. The maximum atomic E-state index is 12.6. The first-order valence-electron chi connectivity index (χ1n) is 11.7. The van der Waals surface area contributed by atoms with Crippen LogP contribution in [0.5, 0.6) is 5.88 Å². The summed E-state index contributed by atoms with van der Waals surface area (Å²) in [5.74, 6) is 0.0920. The van der Waals surface area contributed by atoms with Crippen LogP contribution >= 0.6 is 11.3 Å². The van der Waals surface area contributed by atoms with Crippen molar-refractivity contribution >= 4 is 33.6 Å². The molecule has 2 aromatic heterocycles. The molecule has 1 fully saturated rings. The normalized spacial score (nSPS) is 22.6. The number of thiophene rings is 1. The van der Waals surface area contributed by atoms with Crippen molar-refractivity contribution in [3.63, 3.8) is 0 Å². The molecule has 1 saturated carbocycles. The molecule has 0 saturated heterocycles. The van der Waals surface area contributed by atoms with E-state index in [0.29, 0.717) is 12.5 Å². The van der Waals surface area contributed by atoms with Gasteiger partial charge >= 0.3 is 12.1 Å². The molecule has 33 heavy (non-hydrogen) atoms. The molecular formula is C24H33N3O5S. The van der Waals surface area contributed by atoms with Crippen molar-refractivity contribution in [2.75, 3.05) is 13.7 Å². The van der Waals surface area contributed by atoms with Crippen LogP contribution in [0.1, 0.15) is 76.2 Å². The Kier molecular flexibility index (Phi) is 6.79. The third-order valence-electron chi connectivity index (χ3n) is 6.30. The molecule has 0 bridgehead atoms. The Bertz CT molecular complexity index is 1020. The van der Waals surface area contributed by atoms with Gasteiger partial charge in [-0.2, -0.15) is 0 Å². The van der Waals surface area contributed by atoms with Crippen LogP contribution in [-0.4, -0.2) is 58.3 Å². The zero-order valence-corrected chi connectivity index (χ0v) is 20.9. The highest BCUT2D eigenvalue weighted by Gasteiger charge is 2.36. The molecule has 180 valence electrons. The summed E-state index contributed by atoms with van der Waals surface area (Å²) in [7, 11) is 1.80. The van der Waals surface area contributed by atoms with E-state index in [1.807, 2.05) is 27.7 Å². The van der Waals surface area contributed by atoms with E-state index in [4.69, 9.17) is 14.2 Å². The number of ether oxygens (including phenoxy) is 3. The van der Waals surface area contributed by atoms with Crippen molar-refractivity contribution in [1.82, 2.24) is 14.9 Å². The molecular weight excluding hydrogens is 442 g/mol. The number of hydrogen-bond acceptors (Lipinski definition) is 8. The Hall–Kier alpha value is -2.42. The number of carbonyl (C=O) groups is 2. The van der Waals surface area contributed by atoms with Gasteiger partial charge < -0.3 is 19.1 Å². The average molecular weight is 476 g/mol. The van der Waals surface area contributed by atoms with E-state index in [2.05, 4.69) is 9.97 Å². The summed E-state index contributed by atoms with van der Waals surface area (Å²) < 4.78 is 17.2. The van der Waals surface area contributed by atoms with E-state index in [1.165, 1.54) is 11.2 Å². The Labute approximate surface area is 198 Å². The Morgan fingerprint density at radius 2 is 1.88 bits per heavy atom. The molecule has 0 aromatic carbocycles. The van der Waals surface area contributed by atoms with Gasteiger partial charge in [0, 0.05) is 18.0 Å². The van der Waals surface area contributed by atoms with Crippen molar-refractivity contribution < 1.29 is 23.8 Å². The second-order valence-corrected chi connectivity index (χ2v) is 10.9. The van der Waals surface area contributed by atoms with Gasteiger partial charge in [0.2, 0.25) is 5.88 Å². The first-order valence-corrected chi connectivity index (χ1v) is 12.5. The summed E-state index contributed by atoms with van der Waals surface area (Å²) in [5, 5.41) is 0.862. The first-order chi connectivity index (χ1) is 15.7. The molecule has 8 nitrogen and oxygen atoms in total. The highest BCUT2D eigenvalue weighted by molar-refractivity contribution is 7.19. The van der Waals surface area contributed by atoms with Gasteiger partial charge in [0.15, 0.2) is 0 Å². The maximum absolute atomic E-state index is 12.6. The minimum atomic E-state index is -0.508. The second-order valence-electron chi connectivity index (χ2n) is 9.78. The molecule has 4 rings (SSSR count). The van der Waals surface area contributed by atoms with Crippen molar-refractivity contribution in [3.8, 4) is 5.88 Å². The summed E-state index contributed by atoms with van der Waals surface area (Å²) in [5.41, 5.74) is 0.481. The molecule has 0 aliphatic heterocycles. The monoisotopic (exact) mass is 475 g/mol. The van der Waals surface area contributed by atoms with Crippen molar-refractivity contribution in [2.24, 2.45) is 0 Å². The number of aromatic nitrogens is 2. The van der Waals surface area contributed by atoms with Gasteiger partial charge in [-0.3, -0.25) is 4.79 Å². The number of hydrogen-bond donors (Lipinski definition) is 0. The van der Waals surface area contributed by atoms with Crippen LogP contribution in [0.3, 0.4) is 0 Å². The number of nitrogens with zero attached hydrogens (tertiary/aromatic N) is 3. The smallest absolute Gasteiger partial charge is 0.410 e. The molecule has 0 radical (unpaired) electrons. The van der Waals surface area contributed by atoms with Gasteiger partial charge in [-0.25, -0.2) is 14.8 Å². The lowest BCUT2D eigenvalue weighted by Crippen LogP contribution is -2.43. The summed E-state index contributed by atoms with van der Waals surface area (Å²) in [4.78, 5) is 37.6.